The van der Waals surface area contributed by atoms with E-state index in [-0.39, 0.29) is 17.2 Å². The lowest BCUT2D eigenvalue weighted by Crippen LogP contribution is -2.47. The minimum absolute atomic E-state index is 0.168. The molecule has 0 saturated heterocycles. The van der Waals surface area contributed by atoms with Gasteiger partial charge in [0.25, 0.3) is 0 Å². The highest BCUT2D eigenvalue weighted by molar-refractivity contribution is 5.79. The van der Waals surface area contributed by atoms with E-state index in [0.717, 1.165) is 19.4 Å². The molecule has 0 aromatic rings. The maximum atomic E-state index is 11.8. The summed E-state index contributed by atoms with van der Waals surface area (Å²) >= 11 is 0. The fourth-order valence-corrected chi connectivity index (χ4v) is 2.31. The van der Waals surface area contributed by atoms with Gasteiger partial charge in [-0.3, -0.25) is 4.79 Å². The number of amides is 1. The topological polar surface area (TPSA) is 41.1 Å². The minimum atomic E-state index is 0.168. The molecule has 94 valence electrons. The van der Waals surface area contributed by atoms with Crippen molar-refractivity contribution in [3.05, 3.63) is 0 Å². The Labute approximate surface area is 99.4 Å². The van der Waals surface area contributed by atoms with E-state index in [1.165, 1.54) is 12.8 Å². The van der Waals surface area contributed by atoms with E-state index in [4.69, 9.17) is 0 Å². The second-order valence-electron chi connectivity index (χ2n) is 6.05. The Hall–Kier alpha value is -0.570. The summed E-state index contributed by atoms with van der Waals surface area (Å²) in [5.41, 5.74) is 0.282. The molecular formula is C13H26N2O. The second kappa shape index (κ2) is 5.67. The van der Waals surface area contributed by atoms with Crippen molar-refractivity contribution >= 4 is 5.91 Å². The van der Waals surface area contributed by atoms with Gasteiger partial charge in [-0.2, -0.15) is 0 Å². The van der Waals surface area contributed by atoms with E-state index >= 15 is 0 Å². The van der Waals surface area contributed by atoms with Crippen LogP contribution in [-0.4, -0.2) is 25.5 Å². The van der Waals surface area contributed by atoms with Gasteiger partial charge < -0.3 is 10.6 Å². The number of rotatable bonds is 3. The van der Waals surface area contributed by atoms with Crippen LogP contribution in [0.15, 0.2) is 0 Å². The maximum Gasteiger partial charge on any atom is 0.224 e. The molecule has 0 aliphatic heterocycles. The summed E-state index contributed by atoms with van der Waals surface area (Å²) in [6.45, 7) is 7.64. The van der Waals surface area contributed by atoms with Gasteiger partial charge in [-0.1, -0.05) is 33.6 Å². The van der Waals surface area contributed by atoms with E-state index in [1.54, 1.807) is 7.05 Å². The van der Waals surface area contributed by atoms with Crippen molar-refractivity contribution in [2.75, 3.05) is 13.6 Å². The SMILES string of the molecule is CNC(=O)C1CCCCC1NCC(C)(C)C. The highest BCUT2D eigenvalue weighted by atomic mass is 16.1. The molecule has 1 aliphatic rings. The van der Waals surface area contributed by atoms with Gasteiger partial charge in [-0.05, 0) is 18.3 Å². The molecule has 0 heterocycles. The van der Waals surface area contributed by atoms with Crippen LogP contribution >= 0.6 is 0 Å². The Morgan fingerprint density at radius 1 is 1.25 bits per heavy atom. The number of nitrogens with one attached hydrogen (secondary N) is 2. The first kappa shape index (κ1) is 13.5. The van der Waals surface area contributed by atoms with Crippen molar-refractivity contribution in [3.8, 4) is 0 Å². The molecule has 1 rings (SSSR count). The molecular weight excluding hydrogens is 200 g/mol. The lowest BCUT2D eigenvalue weighted by atomic mass is 9.83. The molecule has 3 heteroatoms. The van der Waals surface area contributed by atoms with E-state index in [2.05, 4.69) is 31.4 Å². The van der Waals surface area contributed by atoms with Crippen molar-refractivity contribution in [2.45, 2.75) is 52.5 Å². The standard InChI is InChI=1S/C13H26N2O/c1-13(2,3)9-15-11-8-6-5-7-10(11)12(16)14-4/h10-11,15H,5-9H2,1-4H3,(H,14,16). The third-order valence-corrected chi connectivity index (χ3v) is 3.24. The zero-order valence-corrected chi connectivity index (χ0v) is 11.1. The van der Waals surface area contributed by atoms with E-state index in [9.17, 15) is 4.79 Å². The highest BCUT2D eigenvalue weighted by Gasteiger charge is 2.30. The Balaban J connectivity index is 2.50. The molecule has 0 radical (unpaired) electrons. The first-order valence-electron chi connectivity index (χ1n) is 6.39. The van der Waals surface area contributed by atoms with Crippen molar-refractivity contribution in [3.63, 3.8) is 0 Å². The molecule has 1 saturated carbocycles. The van der Waals surface area contributed by atoms with Gasteiger partial charge in [-0.25, -0.2) is 0 Å². The summed E-state index contributed by atoms with van der Waals surface area (Å²) in [4.78, 5) is 11.8. The monoisotopic (exact) mass is 226 g/mol. The summed E-state index contributed by atoms with van der Waals surface area (Å²) in [5.74, 6) is 0.368. The lowest BCUT2D eigenvalue weighted by molar-refractivity contribution is -0.126. The van der Waals surface area contributed by atoms with Crippen LogP contribution in [0.25, 0.3) is 0 Å². The molecule has 2 unspecified atom stereocenters. The molecule has 1 fully saturated rings. The fraction of sp³-hybridized carbons (Fsp3) is 0.923. The molecule has 0 spiro atoms. The van der Waals surface area contributed by atoms with Gasteiger partial charge in [0.2, 0.25) is 5.91 Å². The first-order valence-corrected chi connectivity index (χ1v) is 6.39. The number of carbonyl (C=O) groups excluding carboxylic acids is 1. The predicted molar refractivity (Wildman–Crippen MR) is 67.3 cm³/mol. The Bertz CT molecular complexity index is 233. The van der Waals surface area contributed by atoms with Crippen molar-refractivity contribution in [1.82, 2.24) is 10.6 Å². The van der Waals surface area contributed by atoms with Crippen molar-refractivity contribution < 1.29 is 4.79 Å². The van der Waals surface area contributed by atoms with Crippen molar-refractivity contribution in [1.29, 1.82) is 0 Å². The molecule has 2 atom stereocenters. The third-order valence-electron chi connectivity index (χ3n) is 3.24. The Kier molecular flexibility index (Phi) is 4.78. The van der Waals surface area contributed by atoms with Gasteiger partial charge in [-0.15, -0.1) is 0 Å². The highest BCUT2D eigenvalue weighted by Crippen LogP contribution is 2.25. The summed E-state index contributed by atoms with van der Waals surface area (Å²) in [6, 6.07) is 0.368. The lowest BCUT2D eigenvalue weighted by Gasteiger charge is -2.33. The van der Waals surface area contributed by atoms with Gasteiger partial charge in [0.1, 0.15) is 0 Å². The van der Waals surface area contributed by atoms with Crippen LogP contribution < -0.4 is 10.6 Å². The van der Waals surface area contributed by atoms with E-state index in [1.807, 2.05) is 0 Å². The van der Waals surface area contributed by atoms with Gasteiger partial charge in [0.15, 0.2) is 0 Å². The number of carbonyl (C=O) groups is 1. The summed E-state index contributed by atoms with van der Waals surface area (Å²) in [5, 5.41) is 6.35. The van der Waals surface area contributed by atoms with Crippen molar-refractivity contribution in [2.24, 2.45) is 11.3 Å². The van der Waals surface area contributed by atoms with Gasteiger partial charge in [0.05, 0.1) is 5.92 Å². The zero-order chi connectivity index (χ0) is 12.2. The van der Waals surface area contributed by atoms with Crippen LogP contribution in [0.3, 0.4) is 0 Å². The molecule has 1 amide bonds. The van der Waals surface area contributed by atoms with Gasteiger partial charge in [0, 0.05) is 19.6 Å². The predicted octanol–water partition coefficient (Wildman–Crippen LogP) is 1.93. The molecule has 0 aromatic carbocycles. The Morgan fingerprint density at radius 3 is 2.44 bits per heavy atom. The maximum absolute atomic E-state index is 11.8. The molecule has 16 heavy (non-hydrogen) atoms. The van der Waals surface area contributed by atoms with Crippen LogP contribution in [0.4, 0.5) is 0 Å². The smallest absolute Gasteiger partial charge is 0.224 e. The van der Waals surface area contributed by atoms with Crippen LogP contribution in [0, 0.1) is 11.3 Å². The average molecular weight is 226 g/mol. The summed E-state index contributed by atoms with van der Waals surface area (Å²) < 4.78 is 0. The average Bonchev–Trinajstić information content (AvgIpc) is 2.25. The van der Waals surface area contributed by atoms with E-state index < -0.39 is 0 Å². The van der Waals surface area contributed by atoms with Crippen LogP contribution in [0.1, 0.15) is 46.5 Å². The first-order chi connectivity index (χ1) is 7.44. The largest absolute Gasteiger partial charge is 0.359 e. The molecule has 3 nitrogen and oxygen atoms in total. The fourth-order valence-electron chi connectivity index (χ4n) is 2.31. The van der Waals surface area contributed by atoms with Crippen LogP contribution in [0.5, 0.6) is 0 Å². The minimum Gasteiger partial charge on any atom is -0.359 e. The van der Waals surface area contributed by atoms with Gasteiger partial charge >= 0.3 is 0 Å². The van der Waals surface area contributed by atoms with Crippen LogP contribution in [0.2, 0.25) is 0 Å². The molecule has 1 aliphatic carbocycles. The summed E-state index contributed by atoms with van der Waals surface area (Å²) in [6.07, 6.45) is 4.59. The quantitative estimate of drug-likeness (QED) is 0.772. The normalized spacial score (nSPS) is 26.5. The second-order valence-corrected chi connectivity index (χ2v) is 6.05. The van der Waals surface area contributed by atoms with Crippen LogP contribution in [-0.2, 0) is 4.79 Å². The molecule has 0 bridgehead atoms. The third kappa shape index (κ3) is 4.12. The molecule has 0 aromatic heterocycles. The number of hydrogen-bond acceptors (Lipinski definition) is 2. The number of hydrogen-bond donors (Lipinski definition) is 2. The zero-order valence-electron chi connectivity index (χ0n) is 11.1. The molecule has 2 N–H and O–H groups in total. The Morgan fingerprint density at radius 2 is 1.88 bits per heavy atom. The van der Waals surface area contributed by atoms with E-state index in [0.29, 0.717) is 6.04 Å². The summed E-state index contributed by atoms with van der Waals surface area (Å²) in [7, 11) is 1.73.